The molecule has 0 aromatic heterocycles. The molecular formula is C18H28. The van der Waals surface area contributed by atoms with Gasteiger partial charge in [-0.05, 0) is 63.2 Å². The summed E-state index contributed by atoms with van der Waals surface area (Å²) in [4.78, 5) is 0. The summed E-state index contributed by atoms with van der Waals surface area (Å²) >= 11 is 0. The van der Waals surface area contributed by atoms with Crippen molar-refractivity contribution >= 4 is 0 Å². The summed E-state index contributed by atoms with van der Waals surface area (Å²) in [6.07, 6.45) is 17.5. The number of rotatable bonds is 2. The van der Waals surface area contributed by atoms with Crippen molar-refractivity contribution in [2.45, 2.75) is 66.2 Å². The topological polar surface area (TPSA) is 0 Å². The molecule has 0 aromatic rings. The van der Waals surface area contributed by atoms with Crippen LogP contribution in [0.1, 0.15) is 66.2 Å². The number of hydrogen-bond donors (Lipinski definition) is 0. The van der Waals surface area contributed by atoms with E-state index in [1.54, 1.807) is 11.1 Å². The van der Waals surface area contributed by atoms with Crippen LogP contribution in [-0.2, 0) is 0 Å². The minimum atomic E-state index is 0.400. The molecule has 0 bridgehead atoms. The normalized spacial score (nSPS) is 37.6. The van der Waals surface area contributed by atoms with Gasteiger partial charge in [0.15, 0.2) is 0 Å². The van der Waals surface area contributed by atoms with Gasteiger partial charge < -0.3 is 0 Å². The monoisotopic (exact) mass is 244 g/mol. The maximum atomic E-state index is 2.53. The zero-order valence-electron chi connectivity index (χ0n) is 12.6. The van der Waals surface area contributed by atoms with Crippen molar-refractivity contribution in [1.29, 1.82) is 0 Å². The lowest BCUT2D eigenvalue weighted by molar-refractivity contribution is 0.344. The van der Waals surface area contributed by atoms with E-state index in [0.717, 1.165) is 0 Å². The van der Waals surface area contributed by atoms with Crippen molar-refractivity contribution < 1.29 is 0 Å². The minimum absolute atomic E-state index is 0.400. The SMILES string of the molecule is CC1=CCCC(C)(/C=C/C2(C)CCC=C(C)C2)C1. The molecule has 100 valence electrons. The maximum absolute atomic E-state index is 2.53. The standard InChI is InChI=1S/C18H28/c1-15-7-5-9-17(3,13-15)11-12-18(4)10-6-8-16(2)14-18/h7-8,11-12H,5-6,9-10,13-14H2,1-4H3/b12-11+. The smallest absolute Gasteiger partial charge is 0.0106 e. The fourth-order valence-corrected chi connectivity index (χ4v) is 3.58. The second-order valence-corrected chi connectivity index (χ2v) is 7.17. The van der Waals surface area contributed by atoms with Gasteiger partial charge in [0.1, 0.15) is 0 Å². The van der Waals surface area contributed by atoms with Gasteiger partial charge in [0, 0.05) is 0 Å². The summed E-state index contributed by atoms with van der Waals surface area (Å²) in [6, 6.07) is 0. The summed E-state index contributed by atoms with van der Waals surface area (Å²) < 4.78 is 0. The van der Waals surface area contributed by atoms with E-state index < -0.39 is 0 Å². The van der Waals surface area contributed by atoms with E-state index in [9.17, 15) is 0 Å². The lowest BCUT2D eigenvalue weighted by Crippen LogP contribution is -2.21. The third kappa shape index (κ3) is 3.37. The van der Waals surface area contributed by atoms with Crippen LogP contribution in [0.15, 0.2) is 35.5 Å². The van der Waals surface area contributed by atoms with Crippen LogP contribution in [0, 0.1) is 10.8 Å². The number of allylic oxidation sites excluding steroid dienone is 6. The van der Waals surface area contributed by atoms with E-state index in [1.165, 1.54) is 38.5 Å². The molecule has 2 rings (SSSR count). The van der Waals surface area contributed by atoms with E-state index in [1.807, 2.05) is 0 Å². The molecule has 0 amide bonds. The molecule has 0 fully saturated rings. The average Bonchev–Trinajstić information content (AvgIpc) is 2.26. The highest BCUT2D eigenvalue weighted by Crippen LogP contribution is 2.41. The zero-order chi connectivity index (χ0) is 13.2. The molecule has 0 aromatic carbocycles. The van der Waals surface area contributed by atoms with Crippen molar-refractivity contribution in [2.75, 3.05) is 0 Å². The predicted molar refractivity (Wildman–Crippen MR) is 80.6 cm³/mol. The molecule has 0 saturated carbocycles. The Kier molecular flexibility index (Phi) is 3.84. The van der Waals surface area contributed by atoms with Crippen LogP contribution in [0.4, 0.5) is 0 Å². The molecule has 2 aliphatic carbocycles. The Bertz CT molecular complexity index is 358. The molecule has 0 heteroatoms. The Balaban J connectivity index is 2.06. The van der Waals surface area contributed by atoms with E-state index in [4.69, 9.17) is 0 Å². The van der Waals surface area contributed by atoms with E-state index >= 15 is 0 Å². The third-order valence-electron chi connectivity index (χ3n) is 4.67. The Morgan fingerprint density at radius 3 is 1.56 bits per heavy atom. The van der Waals surface area contributed by atoms with Crippen molar-refractivity contribution in [3.05, 3.63) is 35.5 Å². The molecule has 2 aliphatic rings. The van der Waals surface area contributed by atoms with Crippen molar-refractivity contribution in [1.82, 2.24) is 0 Å². The fourth-order valence-electron chi connectivity index (χ4n) is 3.58. The molecule has 0 saturated heterocycles. The first-order valence-electron chi connectivity index (χ1n) is 7.43. The van der Waals surface area contributed by atoms with Gasteiger partial charge in [0.25, 0.3) is 0 Å². The van der Waals surface area contributed by atoms with Crippen molar-refractivity contribution in [3.8, 4) is 0 Å². The van der Waals surface area contributed by atoms with Crippen LogP contribution < -0.4 is 0 Å². The highest BCUT2D eigenvalue weighted by molar-refractivity contribution is 5.18. The van der Waals surface area contributed by atoms with Gasteiger partial charge in [0.2, 0.25) is 0 Å². The van der Waals surface area contributed by atoms with Crippen LogP contribution in [0.2, 0.25) is 0 Å². The second kappa shape index (κ2) is 5.07. The van der Waals surface area contributed by atoms with Gasteiger partial charge in [-0.1, -0.05) is 49.3 Å². The predicted octanol–water partition coefficient (Wildman–Crippen LogP) is 5.82. The molecule has 18 heavy (non-hydrogen) atoms. The molecule has 2 atom stereocenters. The first kappa shape index (κ1) is 13.6. The third-order valence-corrected chi connectivity index (χ3v) is 4.67. The van der Waals surface area contributed by atoms with Gasteiger partial charge >= 0.3 is 0 Å². The fraction of sp³-hybridized carbons (Fsp3) is 0.667. The van der Waals surface area contributed by atoms with Crippen LogP contribution in [0.3, 0.4) is 0 Å². The largest absolute Gasteiger partial charge is 0.0855 e. The van der Waals surface area contributed by atoms with Crippen LogP contribution >= 0.6 is 0 Å². The first-order valence-corrected chi connectivity index (χ1v) is 7.43. The quantitative estimate of drug-likeness (QED) is 0.537. The molecule has 0 radical (unpaired) electrons. The Labute approximate surface area is 113 Å². The van der Waals surface area contributed by atoms with Crippen molar-refractivity contribution in [2.24, 2.45) is 10.8 Å². The van der Waals surface area contributed by atoms with Gasteiger partial charge in [0.05, 0.1) is 0 Å². The molecular weight excluding hydrogens is 216 g/mol. The Morgan fingerprint density at radius 1 is 0.833 bits per heavy atom. The summed E-state index contributed by atoms with van der Waals surface area (Å²) in [5.74, 6) is 0. The summed E-state index contributed by atoms with van der Waals surface area (Å²) in [5.41, 5.74) is 3.94. The number of hydrogen-bond acceptors (Lipinski definition) is 0. The van der Waals surface area contributed by atoms with Crippen LogP contribution in [0.5, 0.6) is 0 Å². The van der Waals surface area contributed by atoms with E-state index in [-0.39, 0.29) is 0 Å². The molecule has 0 spiro atoms. The zero-order valence-corrected chi connectivity index (χ0v) is 12.6. The Hall–Kier alpha value is -0.780. The maximum Gasteiger partial charge on any atom is -0.0106 e. The highest BCUT2D eigenvalue weighted by Gasteiger charge is 2.28. The molecule has 0 heterocycles. The van der Waals surface area contributed by atoms with Gasteiger partial charge in [-0.25, -0.2) is 0 Å². The van der Waals surface area contributed by atoms with E-state index in [0.29, 0.717) is 10.8 Å². The lowest BCUT2D eigenvalue weighted by atomic mass is 9.71. The van der Waals surface area contributed by atoms with Crippen molar-refractivity contribution in [3.63, 3.8) is 0 Å². The van der Waals surface area contributed by atoms with Crippen LogP contribution in [-0.4, -0.2) is 0 Å². The van der Waals surface area contributed by atoms with E-state index in [2.05, 4.69) is 52.0 Å². The first-order chi connectivity index (χ1) is 8.41. The summed E-state index contributed by atoms with van der Waals surface area (Å²) in [7, 11) is 0. The lowest BCUT2D eigenvalue weighted by Gasteiger charge is -2.34. The molecule has 2 unspecified atom stereocenters. The molecule has 0 aliphatic heterocycles. The van der Waals surface area contributed by atoms with Gasteiger partial charge in [-0.15, -0.1) is 0 Å². The average molecular weight is 244 g/mol. The molecule has 0 N–H and O–H groups in total. The van der Waals surface area contributed by atoms with Crippen LogP contribution in [0.25, 0.3) is 0 Å². The second-order valence-electron chi connectivity index (χ2n) is 7.17. The molecule has 0 nitrogen and oxygen atoms in total. The summed E-state index contributed by atoms with van der Waals surface area (Å²) in [5, 5.41) is 0. The van der Waals surface area contributed by atoms with Gasteiger partial charge in [-0.3, -0.25) is 0 Å². The van der Waals surface area contributed by atoms with Gasteiger partial charge in [-0.2, -0.15) is 0 Å². The summed E-state index contributed by atoms with van der Waals surface area (Å²) in [6.45, 7) is 9.41. The highest BCUT2D eigenvalue weighted by atomic mass is 14.3. The minimum Gasteiger partial charge on any atom is -0.0855 e. The Morgan fingerprint density at radius 2 is 1.22 bits per heavy atom.